The highest BCUT2D eigenvalue weighted by Crippen LogP contribution is 2.25. The number of methoxy groups -OCH3 is 1. The van der Waals surface area contributed by atoms with Crippen LogP contribution in [0.15, 0.2) is 42.5 Å². The number of benzene rings is 2. The van der Waals surface area contributed by atoms with Gasteiger partial charge in [0, 0.05) is 0 Å². The Hall–Kier alpha value is -2.83. The first-order chi connectivity index (χ1) is 11.9. The Bertz CT molecular complexity index is 738. The van der Waals surface area contributed by atoms with Crippen molar-refractivity contribution >= 4 is 11.7 Å². The first kappa shape index (κ1) is 18.5. The van der Waals surface area contributed by atoms with Crippen molar-refractivity contribution in [2.45, 2.75) is 26.5 Å². The van der Waals surface area contributed by atoms with Crippen molar-refractivity contribution in [3.05, 3.63) is 53.6 Å². The number of urea groups is 1. The van der Waals surface area contributed by atoms with Gasteiger partial charge >= 0.3 is 12.6 Å². The Morgan fingerprint density at radius 3 is 2.60 bits per heavy atom. The largest absolute Gasteiger partial charge is 0.495 e. The van der Waals surface area contributed by atoms with Gasteiger partial charge in [0.2, 0.25) is 0 Å². The van der Waals surface area contributed by atoms with E-state index in [2.05, 4.69) is 15.4 Å². The molecule has 2 N–H and O–H groups in total. The van der Waals surface area contributed by atoms with E-state index in [4.69, 9.17) is 4.74 Å². The standard InChI is InChI=1S/C18H20F2N2O3/c1-11-7-8-16(24-3)15(9-11)22-18(23)21-12(2)13-5-4-6-14(10-13)25-17(19)20/h4-10,12,17H,1-3H3,(H2,21,22,23). The SMILES string of the molecule is COc1ccc(C)cc1NC(=O)NC(C)c1cccc(OC(F)F)c1. The summed E-state index contributed by atoms with van der Waals surface area (Å²) in [5.41, 5.74) is 2.16. The molecule has 7 heteroatoms. The van der Waals surface area contributed by atoms with Gasteiger partial charge in [0.15, 0.2) is 0 Å². The molecule has 134 valence electrons. The fourth-order valence-electron chi connectivity index (χ4n) is 2.32. The number of halogens is 2. The first-order valence-electron chi connectivity index (χ1n) is 7.66. The number of amides is 2. The number of alkyl halides is 2. The highest BCUT2D eigenvalue weighted by Gasteiger charge is 2.13. The highest BCUT2D eigenvalue weighted by atomic mass is 19.3. The first-order valence-corrected chi connectivity index (χ1v) is 7.66. The second-order valence-electron chi connectivity index (χ2n) is 5.47. The summed E-state index contributed by atoms with van der Waals surface area (Å²) >= 11 is 0. The molecule has 0 aliphatic rings. The number of nitrogens with one attached hydrogen (secondary N) is 2. The zero-order valence-corrected chi connectivity index (χ0v) is 14.2. The Labute approximate surface area is 144 Å². The van der Waals surface area contributed by atoms with Gasteiger partial charge < -0.3 is 20.1 Å². The molecule has 0 aliphatic carbocycles. The molecule has 2 aromatic carbocycles. The van der Waals surface area contributed by atoms with Gasteiger partial charge in [-0.05, 0) is 49.2 Å². The summed E-state index contributed by atoms with van der Waals surface area (Å²) in [6.07, 6.45) is 0. The van der Waals surface area contributed by atoms with Gasteiger partial charge in [-0.3, -0.25) is 0 Å². The molecule has 0 saturated heterocycles. The van der Waals surface area contributed by atoms with Crippen LogP contribution in [0.1, 0.15) is 24.1 Å². The number of hydrogen-bond acceptors (Lipinski definition) is 3. The summed E-state index contributed by atoms with van der Waals surface area (Å²) in [5.74, 6) is 0.586. The number of aryl methyl sites for hydroxylation is 1. The molecule has 2 amide bonds. The van der Waals surface area contributed by atoms with Crippen LogP contribution in [0.5, 0.6) is 11.5 Å². The third-order valence-electron chi connectivity index (χ3n) is 3.53. The van der Waals surface area contributed by atoms with Crippen molar-refractivity contribution in [1.82, 2.24) is 5.32 Å². The van der Waals surface area contributed by atoms with E-state index in [9.17, 15) is 13.6 Å². The Morgan fingerprint density at radius 2 is 1.92 bits per heavy atom. The van der Waals surface area contributed by atoms with Crippen molar-refractivity contribution < 1.29 is 23.0 Å². The zero-order chi connectivity index (χ0) is 18.4. The van der Waals surface area contributed by atoms with Gasteiger partial charge in [0.05, 0.1) is 18.8 Å². The number of anilines is 1. The van der Waals surface area contributed by atoms with E-state index in [1.54, 1.807) is 31.2 Å². The molecule has 0 aromatic heterocycles. The number of ether oxygens (including phenoxy) is 2. The number of hydrogen-bond donors (Lipinski definition) is 2. The zero-order valence-electron chi connectivity index (χ0n) is 14.2. The van der Waals surface area contributed by atoms with Gasteiger partial charge in [-0.1, -0.05) is 18.2 Å². The molecule has 0 heterocycles. The third kappa shape index (κ3) is 5.34. The number of carbonyl (C=O) groups is 1. The monoisotopic (exact) mass is 350 g/mol. The van der Waals surface area contributed by atoms with E-state index >= 15 is 0 Å². The van der Waals surface area contributed by atoms with Crippen LogP contribution in [0.2, 0.25) is 0 Å². The smallest absolute Gasteiger partial charge is 0.387 e. The molecular formula is C18H20F2N2O3. The summed E-state index contributed by atoms with van der Waals surface area (Å²) < 4.78 is 34.2. The van der Waals surface area contributed by atoms with Gasteiger partial charge in [-0.2, -0.15) is 8.78 Å². The molecule has 5 nitrogen and oxygen atoms in total. The van der Waals surface area contributed by atoms with Gasteiger partial charge in [0.25, 0.3) is 0 Å². The van der Waals surface area contributed by atoms with Crippen molar-refractivity contribution in [1.29, 1.82) is 0 Å². The van der Waals surface area contributed by atoms with Gasteiger partial charge in [-0.15, -0.1) is 0 Å². The second kappa shape index (κ2) is 8.32. The maximum absolute atomic E-state index is 12.3. The number of rotatable bonds is 6. The summed E-state index contributed by atoms with van der Waals surface area (Å²) in [6.45, 7) is 0.754. The van der Waals surface area contributed by atoms with Crippen molar-refractivity contribution in [3.8, 4) is 11.5 Å². The van der Waals surface area contributed by atoms with Crippen LogP contribution in [0.3, 0.4) is 0 Å². The Morgan fingerprint density at radius 1 is 1.16 bits per heavy atom. The summed E-state index contributed by atoms with van der Waals surface area (Å²) in [7, 11) is 1.52. The molecule has 1 atom stereocenters. The molecule has 25 heavy (non-hydrogen) atoms. The number of carbonyl (C=O) groups excluding carboxylic acids is 1. The molecule has 2 aromatic rings. The van der Waals surface area contributed by atoms with E-state index in [0.717, 1.165) is 5.56 Å². The molecule has 0 fully saturated rings. The van der Waals surface area contributed by atoms with E-state index in [0.29, 0.717) is 17.0 Å². The van der Waals surface area contributed by atoms with E-state index in [1.807, 2.05) is 13.0 Å². The summed E-state index contributed by atoms with van der Waals surface area (Å²) in [4.78, 5) is 12.2. The predicted octanol–water partition coefficient (Wildman–Crippen LogP) is 4.49. The molecule has 1 unspecified atom stereocenters. The van der Waals surface area contributed by atoms with Crippen LogP contribution in [-0.2, 0) is 0 Å². The quantitative estimate of drug-likeness (QED) is 0.807. The minimum atomic E-state index is -2.89. The van der Waals surface area contributed by atoms with Crippen LogP contribution >= 0.6 is 0 Å². The average molecular weight is 350 g/mol. The minimum Gasteiger partial charge on any atom is -0.495 e. The normalized spacial score (nSPS) is 11.8. The maximum atomic E-state index is 12.3. The van der Waals surface area contributed by atoms with Crippen LogP contribution in [0.25, 0.3) is 0 Å². The molecule has 2 rings (SSSR count). The van der Waals surface area contributed by atoms with Crippen LogP contribution in [-0.4, -0.2) is 19.8 Å². The Kier molecular flexibility index (Phi) is 6.16. The molecule has 0 radical (unpaired) electrons. The molecule has 0 aliphatic heterocycles. The van der Waals surface area contributed by atoms with E-state index in [1.165, 1.54) is 19.2 Å². The van der Waals surface area contributed by atoms with Crippen molar-refractivity contribution in [2.75, 3.05) is 12.4 Å². The van der Waals surface area contributed by atoms with Crippen LogP contribution < -0.4 is 20.1 Å². The third-order valence-corrected chi connectivity index (χ3v) is 3.53. The summed E-state index contributed by atoms with van der Waals surface area (Å²) in [5, 5.41) is 5.47. The van der Waals surface area contributed by atoms with Gasteiger partial charge in [0.1, 0.15) is 11.5 Å². The molecule has 0 bridgehead atoms. The fourth-order valence-corrected chi connectivity index (χ4v) is 2.32. The maximum Gasteiger partial charge on any atom is 0.387 e. The van der Waals surface area contributed by atoms with Crippen LogP contribution in [0, 0.1) is 6.92 Å². The minimum absolute atomic E-state index is 0.0434. The van der Waals surface area contributed by atoms with Crippen molar-refractivity contribution in [3.63, 3.8) is 0 Å². The summed E-state index contributed by atoms with van der Waals surface area (Å²) in [6, 6.07) is 10.8. The lowest BCUT2D eigenvalue weighted by Crippen LogP contribution is -2.31. The van der Waals surface area contributed by atoms with Gasteiger partial charge in [-0.25, -0.2) is 4.79 Å². The lowest BCUT2D eigenvalue weighted by Gasteiger charge is -2.17. The van der Waals surface area contributed by atoms with Crippen molar-refractivity contribution in [2.24, 2.45) is 0 Å². The lowest BCUT2D eigenvalue weighted by atomic mass is 10.1. The average Bonchev–Trinajstić information content (AvgIpc) is 2.54. The van der Waals surface area contributed by atoms with E-state index in [-0.39, 0.29) is 5.75 Å². The lowest BCUT2D eigenvalue weighted by molar-refractivity contribution is -0.0499. The topological polar surface area (TPSA) is 59.6 Å². The van der Waals surface area contributed by atoms with Crippen LogP contribution in [0.4, 0.5) is 19.3 Å². The van der Waals surface area contributed by atoms with E-state index < -0.39 is 18.7 Å². The molecule has 0 spiro atoms. The second-order valence-corrected chi connectivity index (χ2v) is 5.47. The highest BCUT2D eigenvalue weighted by molar-refractivity contribution is 5.91. The molecule has 0 saturated carbocycles. The molecular weight excluding hydrogens is 330 g/mol. The predicted molar refractivity (Wildman–Crippen MR) is 91.4 cm³/mol. The Balaban J connectivity index is 2.04. The fraction of sp³-hybridized carbons (Fsp3) is 0.278.